The van der Waals surface area contributed by atoms with E-state index in [0.29, 0.717) is 5.71 Å². The maximum atomic E-state index is 12.2. The highest BCUT2D eigenvalue weighted by molar-refractivity contribution is 6.00. The summed E-state index contributed by atoms with van der Waals surface area (Å²) in [7, 11) is 0. The Bertz CT molecular complexity index is 1090. The van der Waals surface area contributed by atoms with Gasteiger partial charge in [0.25, 0.3) is 0 Å². The average Bonchev–Trinajstić information content (AvgIpc) is 2.79. The van der Waals surface area contributed by atoms with Crippen molar-refractivity contribution < 1.29 is 9.59 Å². The molecule has 0 aliphatic heterocycles. The third kappa shape index (κ3) is 6.37. The monoisotopic (exact) mass is 413 g/mol. The highest BCUT2D eigenvalue weighted by Gasteiger charge is 2.09. The molecule has 0 heterocycles. The molecule has 0 bridgehead atoms. The first-order chi connectivity index (χ1) is 14.9. The van der Waals surface area contributed by atoms with Crippen LogP contribution in [-0.4, -0.2) is 17.5 Å². The molecule has 0 spiro atoms. The van der Waals surface area contributed by atoms with E-state index in [2.05, 4.69) is 28.0 Å². The number of hydrogen-bond donors (Lipinski definition) is 2. The van der Waals surface area contributed by atoms with E-state index < -0.39 is 0 Å². The van der Waals surface area contributed by atoms with Crippen LogP contribution in [0.15, 0.2) is 77.9 Å². The molecular weight excluding hydrogens is 386 g/mol. The minimum absolute atomic E-state index is 0.0699. The van der Waals surface area contributed by atoms with Gasteiger partial charge in [-0.1, -0.05) is 66.7 Å². The lowest BCUT2D eigenvalue weighted by molar-refractivity contribution is -0.124. The quantitative estimate of drug-likeness (QED) is 0.411. The van der Waals surface area contributed by atoms with Gasteiger partial charge in [0, 0.05) is 18.5 Å². The minimum atomic E-state index is -0.295. The maximum absolute atomic E-state index is 12.2. The molecule has 0 saturated heterocycles. The minimum Gasteiger partial charge on any atom is -0.326 e. The molecule has 0 saturated carbocycles. The van der Waals surface area contributed by atoms with E-state index in [9.17, 15) is 9.59 Å². The van der Waals surface area contributed by atoms with Gasteiger partial charge in [-0.15, -0.1) is 0 Å². The van der Waals surface area contributed by atoms with Crippen LogP contribution >= 0.6 is 0 Å². The number of anilines is 1. The largest absolute Gasteiger partial charge is 0.326 e. The fourth-order valence-electron chi connectivity index (χ4n) is 3.11. The molecule has 0 unspecified atom stereocenters. The smallest absolute Gasteiger partial charge is 0.240 e. The van der Waals surface area contributed by atoms with Gasteiger partial charge < -0.3 is 5.32 Å². The summed E-state index contributed by atoms with van der Waals surface area (Å²) in [6, 6.07) is 24.0. The Labute approximate surface area is 183 Å². The van der Waals surface area contributed by atoms with E-state index in [-0.39, 0.29) is 24.7 Å². The number of benzene rings is 3. The van der Waals surface area contributed by atoms with Crippen molar-refractivity contribution in [2.75, 3.05) is 5.32 Å². The van der Waals surface area contributed by atoms with Crippen molar-refractivity contribution in [3.63, 3.8) is 0 Å². The van der Waals surface area contributed by atoms with Crippen molar-refractivity contribution >= 4 is 23.2 Å². The van der Waals surface area contributed by atoms with E-state index >= 15 is 0 Å². The van der Waals surface area contributed by atoms with Crippen molar-refractivity contribution in [2.24, 2.45) is 5.10 Å². The van der Waals surface area contributed by atoms with E-state index in [1.165, 1.54) is 0 Å². The molecule has 3 aromatic rings. The number of aryl methyl sites for hydroxylation is 2. The molecule has 0 radical (unpaired) electrons. The average molecular weight is 414 g/mol. The van der Waals surface area contributed by atoms with E-state index in [1.54, 1.807) is 0 Å². The molecule has 2 N–H and O–H groups in total. The number of carbonyl (C=O) groups excluding carboxylic acids is 2. The number of rotatable bonds is 7. The van der Waals surface area contributed by atoms with Crippen molar-refractivity contribution in [1.29, 1.82) is 0 Å². The summed E-state index contributed by atoms with van der Waals surface area (Å²) in [5, 5.41) is 7.03. The number of amides is 2. The van der Waals surface area contributed by atoms with Crippen LogP contribution in [0.3, 0.4) is 0 Å². The summed E-state index contributed by atoms with van der Waals surface area (Å²) in [6.45, 7) is 5.74. The standard InChI is InChI=1S/C26H27N3O2/c1-18-9-10-19(2)24(17-18)27-25(30)15-16-26(31)29-28-20(3)21-11-13-23(14-12-21)22-7-5-4-6-8-22/h4-14,17H,15-16H2,1-3H3,(H,27,30)(H,29,31). The fourth-order valence-corrected chi connectivity index (χ4v) is 3.11. The Morgan fingerprint density at radius 3 is 2.16 bits per heavy atom. The lowest BCUT2D eigenvalue weighted by Crippen LogP contribution is -2.22. The Balaban J connectivity index is 1.50. The lowest BCUT2D eigenvalue weighted by atomic mass is 10.0. The molecule has 0 aliphatic rings. The molecule has 0 aliphatic carbocycles. The van der Waals surface area contributed by atoms with Crippen LogP contribution in [0.1, 0.15) is 36.5 Å². The second-order valence-corrected chi connectivity index (χ2v) is 7.54. The summed E-state index contributed by atoms with van der Waals surface area (Å²) in [4.78, 5) is 24.3. The predicted octanol–water partition coefficient (Wildman–Crippen LogP) is 5.23. The Morgan fingerprint density at radius 1 is 0.806 bits per heavy atom. The van der Waals surface area contributed by atoms with Gasteiger partial charge in [0.15, 0.2) is 0 Å². The molecule has 3 aromatic carbocycles. The Kier molecular flexibility index (Phi) is 7.33. The zero-order chi connectivity index (χ0) is 22.2. The third-order valence-electron chi connectivity index (χ3n) is 5.00. The number of nitrogens with one attached hydrogen (secondary N) is 2. The molecule has 0 fully saturated rings. The highest BCUT2D eigenvalue weighted by Crippen LogP contribution is 2.19. The molecule has 158 valence electrons. The van der Waals surface area contributed by atoms with Crippen LogP contribution in [0.5, 0.6) is 0 Å². The highest BCUT2D eigenvalue weighted by atomic mass is 16.2. The number of nitrogens with zero attached hydrogens (tertiary/aromatic N) is 1. The van der Waals surface area contributed by atoms with Gasteiger partial charge in [-0.25, -0.2) is 5.43 Å². The van der Waals surface area contributed by atoms with Crippen molar-refractivity contribution in [1.82, 2.24) is 5.43 Å². The summed E-state index contributed by atoms with van der Waals surface area (Å²) < 4.78 is 0. The topological polar surface area (TPSA) is 70.6 Å². The Hall–Kier alpha value is -3.73. The zero-order valence-electron chi connectivity index (χ0n) is 18.1. The van der Waals surface area contributed by atoms with Gasteiger partial charge in [0.2, 0.25) is 11.8 Å². The number of hydrazone groups is 1. The molecule has 3 rings (SSSR count). The first-order valence-electron chi connectivity index (χ1n) is 10.3. The lowest BCUT2D eigenvalue weighted by Gasteiger charge is -2.09. The van der Waals surface area contributed by atoms with E-state index in [0.717, 1.165) is 33.5 Å². The SMILES string of the molecule is CC(=NNC(=O)CCC(=O)Nc1cc(C)ccc1C)c1ccc(-c2ccccc2)cc1. The van der Waals surface area contributed by atoms with Crippen LogP contribution in [0.4, 0.5) is 5.69 Å². The molecule has 31 heavy (non-hydrogen) atoms. The van der Waals surface area contributed by atoms with Gasteiger partial charge in [0.1, 0.15) is 0 Å². The summed E-state index contributed by atoms with van der Waals surface area (Å²) in [5.41, 5.74) is 9.27. The summed E-state index contributed by atoms with van der Waals surface area (Å²) >= 11 is 0. The predicted molar refractivity (Wildman–Crippen MR) is 126 cm³/mol. The number of hydrogen-bond acceptors (Lipinski definition) is 3. The first kappa shape index (κ1) is 22.0. The maximum Gasteiger partial charge on any atom is 0.240 e. The second kappa shape index (κ2) is 10.3. The third-order valence-corrected chi connectivity index (χ3v) is 5.00. The van der Waals surface area contributed by atoms with Crippen LogP contribution in [-0.2, 0) is 9.59 Å². The molecule has 5 nitrogen and oxygen atoms in total. The normalized spacial score (nSPS) is 11.1. The summed E-state index contributed by atoms with van der Waals surface area (Å²) in [6.07, 6.45) is 0.167. The van der Waals surface area contributed by atoms with Crippen molar-refractivity contribution in [3.8, 4) is 11.1 Å². The van der Waals surface area contributed by atoms with Crippen LogP contribution in [0.25, 0.3) is 11.1 Å². The van der Waals surface area contributed by atoms with Gasteiger partial charge in [-0.3, -0.25) is 9.59 Å². The van der Waals surface area contributed by atoms with E-state index in [1.807, 2.05) is 81.4 Å². The second-order valence-electron chi connectivity index (χ2n) is 7.54. The van der Waals surface area contributed by atoms with Crippen molar-refractivity contribution in [2.45, 2.75) is 33.6 Å². The van der Waals surface area contributed by atoms with Gasteiger partial charge in [0.05, 0.1) is 5.71 Å². The zero-order valence-corrected chi connectivity index (χ0v) is 18.1. The van der Waals surface area contributed by atoms with E-state index in [4.69, 9.17) is 0 Å². The number of carbonyl (C=O) groups is 2. The first-order valence-corrected chi connectivity index (χ1v) is 10.3. The Morgan fingerprint density at radius 2 is 1.45 bits per heavy atom. The van der Waals surface area contributed by atoms with Crippen LogP contribution in [0.2, 0.25) is 0 Å². The van der Waals surface area contributed by atoms with Crippen LogP contribution in [0, 0.1) is 13.8 Å². The van der Waals surface area contributed by atoms with Gasteiger partial charge >= 0.3 is 0 Å². The molecule has 2 amide bonds. The summed E-state index contributed by atoms with van der Waals surface area (Å²) in [5.74, 6) is -0.488. The van der Waals surface area contributed by atoms with Crippen molar-refractivity contribution in [3.05, 3.63) is 89.5 Å². The van der Waals surface area contributed by atoms with Gasteiger partial charge in [-0.05, 0) is 54.7 Å². The van der Waals surface area contributed by atoms with Gasteiger partial charge in [-0.2, -0.15) is 5.10 Å². The molecule has 5 heteroatoms. The van der Waals surface area contributed by atoms with Crippen LogP contribution < -0.4 is 10.7 Å². The molecular formula is C26H27N3O2. The fraction of sp³-hybridized carbons (Fsp3) is 0.192. The molecule has 0 atom stereocenters. The molecule has 0 aromatic heterocycles.